The predicted molar refractivity (Wildman–Crippen MR) is 39.3 cm³/mol. The Morgan fingerprint density at radius 1 is 1.50 bits per heavy atom. The Balaban J connectivity index is 3.52. The second-order valence-corrected chi connectivity index (χ2v) is 1.50. The monoisotopic (exact) mass is 143 g/mol. The van der Waals surface area contributed by atoms with Crippen molar-refractivity contribution in [2.45, 2.75) is 0 Å². The van der Waals surface area contributed by atoms with Crippen molar-refractivity contribution in [1.29, 1.82) is 0 Å². The van der Waals surface area contributed by atoms with Gasteiger partial charge < -0.3 is 11.5 Å². The highest BCUT2D eigenvalue weighted by atomic mass is 19.1. The molecule has 10 heavy (non-hydrogen) atoms. The molecule has 0 atom stereocenters. The van der Waals surface area contributed by atoms with Crippen LogP contribution in [0.15, 0.2) is 4.99 Å². The summed E-state index contributed by atoms with van der Waals surface area (Å²) >= 11 is 0. The van der Waals surface area contributed by atoms with E-state index in [4.69, 9.17) is 11.5 Å². The minimum absolute atomic E-state index is 0.0219. The van der Waals surface area contributed by atoms with Gasteiger partial charge in [-0.25, -0.2) is 4.39 Å². The maximum atomic E-state index is 11.6. The van der Waals surface area contributed by atoms with Crippen LogP contribution in [0.5, 0.6) is 0 Å². The highest BCUT2D eigenvalue weighted by Crippen LogP contribution is 1.71. The number of rotatable bonds is 2. The fourth-order valence-electron chi connectivity index (χ4n) is 0.311. The van der Waals surface area contributed by atoms with Crippen LogP contribution in [-0.4, -0.2) is 25.6 Å². The summed E-state index contributed by atoms with van der Waals surface area (Å²) in [7, 11) is 0. The van der Waals surface area contributed by atoms with E-state index in [0.29, 0.717) is 6.54 Å². The van der Waals surface area contributed by atoms with Gasteiger partial charge in [0.1, 0.15) is 19.1 Å². The number of nitrogens with zero attached hydrogens (tertiary/aromatic N) is 1. The smallest absolute Gasteiger partial charge is 0.146 e. The van der Waals surface area contributed by atoms with Crippen LogP contribution in [0.2, 0.25) is 0 Å². The first-order chi connectivity index (χ1) is 4.81. The van der Waals surface area contributed by atoms with Crippen LogP contribution >= 0.6 is 0 Å². The molecule has 0 amide bonds. The van der Waals surface area contributed by atoms with Gasteiger partial charge in [-0.1, -0.05) is 11.8 Å². The van der Waals surface area contributed by atoms with Crippen molar-refractivity contribution in [3.63, 3.8) is 0 Å². The van der Waals surface area contributed by atoms with E-state index in [0.717, 1.165) is 0 Å². The molecule has 0 saturated heterocycles. The second-order valence-electron chi connectivity index (χ2n) is 1.50. The van der Waals surface area contributed by atoms with Gasteiger partial charge in [0.15, 0.2) is 0 Å². The number of hydrogen-bond donors (Lipinski definition) is 2. The first-order valence-corrected chi connectivity index (χ1v) is 2.81. The van der Waals surface area contributed by atoms with Gasteiger partial charge in [-0.2, -0.15) is 0 Å². The molecule has 0 unspecified atom stereocenters. The Bertz CT molecular complexity index is 166. The zero-order valence-electron chi connectivity index (χ0n) is 5.60. The zero-order valence-corrected chi connectivity index (χ0v) is 5.60. The molecule has 0 aromatic rings. The maximum Gasteiger partial charge on any atom is 0.146 e. The average molecular weight is 143 g/mol. The van der Waals surface area contributed by atoms with E-state index in [1.807, 2.05) is 0 Å². The molecule has 0 rings (SSSR count). The number of alkyl halides is 1. The first kappa shape index (κ1) is 8.92. The Kier molecular flexibility index (Phi) is 5.39. The predicted octanol–water partition coefficient (Wildman–Crippen LogP) is -0.725. The van der Waals surface area contributed by atoms with Crippen molar-refractivity contribution in [2.24, 2.45) is 16.5 Å². The molecule has 0 bridgehead atoms. The molecule has 0 saturated carbocycles. The van der Waals surface area contributed by atoms with E-state index in [1.165, 1.54) is 0 Å². The molecule has 0 heterocycles. The van der Waals surface area contributed by atoms with Gasteiger partial charge in [0, 0.05) is 0 Å². The summed E-state index contributed by atoms with van der Waals surface area (Å²) in [6, 6.07) is 0. The Hall–Kier alpha value is -1.08. The average Bonchev–Trinajstić information content (AvgIpc) is 1.98. The summed E-state index contributed by atoms with van der Waals surface area (Å²) < 4.78 is 11.6. The second kappa shape index (κ2) is 6.05. The van der Waals surface area contributed by atoms with Gasteiger partial charge in [-0.15, -0.1) is 0 Å². The van der Waals surface area contributed by atoms with E-state index in [9.17, 15) is 4.39 Å². The van der Waals surface area contributed by atoms with Crippen LogP contribution in [0.25, 0.3) is 0 Å². The first-order valence-electron chi connectivity index (χ1n) is 2.81. The molecule has 0 spiro atoms. The van der Waals surface area contributed by atoms with Crippen LogP contribution in [0.1, 0.15) is 0 Å². The quantitative estimate of drug-likeness (QED) is 0.304. The van der Waals surface area contributed by atoms with Crippen LogP contribution in [0, 0.1) is 11.8 Å². The van der Waals surface area contributed by atoms with Crippen LogP contribution in [0.3, 0.4) is 0 Å². The summed E-state index contributed by atoms with van der Waals surface area (Å²) in [4.78, 5) is 3.57. The normalized spacial score (nSPS) is 10.4. The molecule has 4 N–H and O–H groups in total. The molecule has 0 fully saturated rings. The molecule has 0 aliphatic carbocycles. The largest absolute Gasteiger partial charge is 0.385 e. The van der Waals surface area contributed by atoms with E-state index < -0.39 is 6.67 Å². The van der Waals surface area contributed by atoms with E-state index in [1.54, 1.807) is 0 Å². The van der Waals surface area contributed by atoms with Crippen molar-refractivity contribution in [1.82, 2.24) is 0 Å². The summed E-state index contributed by atoms with van der Waals surface area (Å²) in [5, 5.41) is 0. The van der Waals surface area contributed by atoms with Crippen molar-refractivity contribution in [3.05, 3.63) is 0 Å². The lowest BCUT2D eigenvalue weighted by atomic mass is 10.5. The number of amidine groups is 1. The highest BCUT2D eigenvalue weighted by molar-refractivity contribution is 5.81. The molecule has 4 heteroatoms. The fraction of sp³-hybridized carbons (Fsp3) is 0.500. The minimum atomic E-state index is -0.718. The summed E-state index contributed by atoms with van der Waals surface area (Å²) in [5.41, 5.74) is 10.1. The van der Waals surface area contributed by atoms with Gasteiger partial charge in [0.05, 0.1) is 6.54 Å². The molecule has 3 nitrogen and oxygen atoms in total. The highest BCUT2D eigenvalue weighted by Gasteiger charge is 1.83. The lowest BCUT2D eigenvalue weighted by molar-refractivity contribution is 0.578. The summed E-state index contributed by atoms with van der Waals surface area (Å²) in [5.74, 6) is 5.14. The van der Waals surface area contributed by atoms with Crippen molar-refractivity contribution in [3.8, 4) is 11.8 Å². The molecule has 0 radical (unpaired) electrons. The lowest BCUT2D eigenvalue weighted by Crippen LogP contribution is -2.13. The molecule has 0 aromatic heterocycles. The van der Waals surface area contributed by atoms with Crippen molar-refractivity contribution >= 4 is 5.84 Å². The third kappa shape index (κ3) is 5.06. The molecular formula is C6H10FN3. The van der Waals surface area contributed by atoms with Crippen LogP contribution in [-0.2, 0) is 0 Å². The van der Waals surface area contributed by atoms with Gasteiger partial charge in [0.25, 0.3) is 0 Å². The van der Waals surface area contributed by atoms with Gasteiger partial charge in [-0.3, -0.25) is 4.99 Å². The van der Waals surface area contributed by atoms with Crippen LogP contribution in [0.4, 0.5) is 4.39 Å². The number of halogens is 1. The van der Waals surface area contributed by atoms with Gasteiger partial charge in [-0.05, 0) is 0 Å². The standard InChI is InChI=1S/C6H10FN3/c7-5-6(9)10-4-2-1-3-8/h3-5,8H2,(H2,9,10). The maximum absolute atomic E-state index is 11.6. The Morgan fingerprint density at radius 2 is 2.20 bits per heavy atom. The minimum Gasteiger partial charge on any atom is -0.385 e. The topological polar surface area (TPSA) is 64.4 Å². The third-order valence-electron chi connectivity index (χ3n) is 0.725. The molecule has 0 aliphatic rings. The molecule has 0 aromatic carbocycles. The van der Waals surface area contributed by atoms with Crippen molar-refractivity contribution in [2.75, 3.05) is 19.8 Å². The third-order valence-corrected chi connectivity index (χ3v) is 0.725. The molecular weight excluding hydrogens is 133 g/mol. The van der Waals surface area contributed by atoms with E-state index in [2.05, 4.69) is 16.8 Å². The van der Waals surface area contributed by atoms with Gasteiger partial charge >= 0.3 is 0 Å². The molecule has 0 aliphatic heterocycles. The summed E-state index contributed by atoms with van der Waals surface area (Å²) in [6.45, 7) is -0.192. The number of aliphatic imine (C=N–C) groups is 1. The Morgan fingerprint density at radius 3 is 2.70 bits per heavy atom. The lowest BCUT2D eigenvalue weighted by Gasteiger charge is -1.87. The summed E-state index contributed by atoms with van der Waals surface area (Å²) in [6.07, 6.45) is 0. The fourth-order valence-corrected chi connectivity index (χ4v) is 0.311. The SMILES string of the molecule is NCC#CCN=C(N)CF. The number of hydrogen-bond acceptors (Lipinski definition) is 2. The van der Waals surface area contributed by atoms with E-state index >= 15 is 0 Å². The van der Waals surface area contributed by atoms with E-state index in [-0.39, 0.29) is 12.4 Å². The zero-order chi connectivity index (χ0) is 7.82. The number of nitrogens with two attached hydrogens (primary N) is 2. The molecule has 56 valence electrons. The van der Waals surface area contributed by atoms with Crippen LogP contribution < -0.4 is 11.5 Å². The van der Waals surface area contributed by atoms with Crippen molar-refractivity contribution < 1.29 is 4.39 Å². The van der Waals surface area contributed by atoms with Gasteiger partial charge in [0.2, 0.25) is 0 Å². The Labute approximate surface area is 59.3 Å².